The van der Waals surface area contributed by atoms with Gasteiger partial charge in [-0.05, 0) is 68.6 Å². The van der Waals surface area contributed by atoms with Gasteiger partial charge in [0.15, 0.2) is 0 Å². The van der Waals surface area contributed by atoms with Crippen LogP contribution in [0.15, 0.2) is 0 Å². The minimum Gasteiger partial charge on any atom is -0.305 e. The van der Waals surface area contributed by atoms with Crippen molar-refractivity contribution in [2.45, 2.75) is 51.5 Å². The number of hydrogen-bond donors (Lipinski definition) is 1. The van der Waals surface area contributed by atoms with Gasteiger partial charge in [0, 0.05) is 6.04 Å². The summed E-state index contributed by atoms with van der Waals surface area (Å²) in [7, 11) is 1.75. The molecular weight excluding hydrogens is 186 g/mol. The summed E-state index contributed by atoms with van der Waals surface area (Å²) in [4.78, 5) is 5.14. The fraction of sp³-hybridized carbons (Fsp3) is 1.00. The monoisotopic (exact) mass is 209 g/mol. The van der Waals surface area contributed by atoms with Crippen molar-refractivity contribution in [3.05, 3.63) is 0 Å². The van der Waals surface area contributed by atoms with Crippen LogP contribution in [0.3, 0.4) is 0 Å². The minimum atomic E-state index is 0.538. The van der Waals surface area contributed by atoms with E-state index in [-0.39, 0.29) is 0 Å². The van der Waals surface area contributed by atoms with Gasteiger partial charge in [0.1, 0.15) is 0 Å². The summed E-state index contributed by atoms with van der Waals surface area (Å²) in [5.41, 5.74) is 3.78. The molecule has 0 amide bonds. The van der Waals surface area contributed by atoms with Crippen molar-refractivity contribution in [3.63, 3.8) is 0 Å². The van der Waals surface area contributed by atoms with E-state index >= 15 is 0 Å². The van der Waals surface area contributed by atoms with Crippen LogP contribution < -0.4 is 5.48 Å². The van der Waals surface area contributed by atoms with Gasteiger partial charge in [-0.1, -0.05) is 0 Å². The van der Waals surface area contributed by atoms with Crippen LogP contribution >= 0.6 is 0 Å². The summed E-state index contributed by atoms with van der Waals surface area (Å²) in [6, 6.07) is 0.538. The van der Waals surface area contributed by atoms with Crippen LogP contribution in [0.5, 0.6) is 0 Å². The normalized spacial score (nSPS) is 49.6. The Morgan fingerprint density at radius 2 is 1.53 bits per heavy atom. The first-order chi connectivity index (χ1) is 7.22. The minimum absolute atomic E-state index is 0.538. The van der Waals surface area contributed by atoms with Crippen LogP contribution in [-0.2, 0) is 4.84 Å². The van der Waals surface area contributed by atoms with Crippen molar-refractivity contribution >= 4 is 0 Å². The summed E-state index contributed by atoms with van der Waals surface area (Å²) in [6.45, 7) is 2.32. The first-order valence-electron chi connectivity index (χ1n) is 6.50. The SMILES string of the molecule is CON[C@@H](C)C12CC3CC(CC(C3)C1)C2. The van der Waals surface area contributed by atoms with E-state index in [2.05, 4.69) is 12.4 Å². The summed E-state index contributed by atoms with van der Waals surface area (Å²) in [5, 5.41) is 0. The highest BCUT2D eigenvalue weighted by Crippen LogP contribution is 2.61. The Labute approximate surface area is 92.7 Å². The number of hydrogen-bond acceptors (Lipinski definition) is 2. The lowest BCUT2D eigenvalue weighted by Gasteiger charge is -2.58. The quantitative estimate of drug-likeness (QED) is 0.722. The van der Waals surface area contributed by atoms with E-state index < -0.39 is 0 Å². The highest BCUT2D eigenvalue weighted by atomic mass is 16.6. The van der Waals surface area contributed by atoms with E-state index in [1.54, 1.807) is 7.11 Å². The molecule has 15 heavy (non-hydrogen) atoms. The van der Waals surface area contributed by atoms with Crippen LogP contribution in [0, 0.1) is 23.2 Å². The highest BCUT2D eigenvalue weighted by Gasteiger charge is 2.53. The van der Waals surface area contributed by atoms with E-state index in [0.717, 1.165) is 17.8 Å². The molecule has 2 nitrogen and oxygen atoms in total. The predicted molar refractivity (Wildman–Crippen MR) is 60.2 cm³/mol. The van der Waals surface area contributed by atoms with Crippen LogP contribution in [0.2, 0.25) is 0 Å². The van der Waals surface area contributed by atoms with Crippen molar-refractivity contribution in [1.82, 2.24) is 5.48 Å². The van der Waals surface area contributed by atoms with Crippen molar-refractivity contribution in [3.8, 4) is 0 Å². The molecule has 4 aliphatic carbocycles. The molecule has 2 heteroatoms. The molecule has 0 unspecified atom stereocenters. The number of nitrogens with one attached hydrogen (secondary N) is 1. The van der Waals surface area contributed by atoms with E-state index in [1.165, 1.54) is 38.5 Å². The molecule has 0 saturated heterocycles. The topological polar surface area (TPSA) is 21.3 Å². The molecule has 4 fully saturated rings. The number of hydroxylamine groups is 1. The number of rotatable bonds is 3. The fourth-order valence-electron chi connectivity index (χ4n) is 5.01. The standard InChI is InChI=1S/C13H23NO/c1-9(14-15-2)13-6-10-3-11(7-13)5-12(4-10)8-13/h9-12,14H,3-8H2,1-2H3/t9-,10?,11?,12?,13?/m0/s1. The van der Waals surface area contributed by atoms with Gasteiger partial charge in [0.05, 0.1) is 7.11 Å². The van der Waals surface area contributed by atoms with Gasteiger partial charge in [-0.15, -0.1) is 0 Å². The molecule has 1 N–H and O–H groups in total. The van der Waals surface area contributed by atoms with Crippen molar-refractivity contribution < 1.29 is 4.84 Å². The first-order valence-corrected chi connectivity index (χ1v) is 6.50. The van der Waals surface area contributed by atoms with Crippen molar-refractivity contribution in [1.29, 1.82) is 0 Å². The first kappa shape index (κ1) is 10.1. The van der Waals surface area contributed by atoms with Gasteiger partial charge >= 0.3 is 0 Å². The van der Waals surface area contributed by atoms with Crippen LogP contribution in [-0.4, -0.2) is 13.2 Å². The lowest BCUT2D eigenvalue weighted by Crippen LogP contribution is -2.54. The second kappa shape index (κ2) is 3.46. The molecule has 0 aromatic heterocycles. The summed E-state index contributed by atoms with van der Waals surface area (Å²) >= 11 is 0. The lowest BCUT2D eigenvalue weighted by atomic mass is 9.48. The molecule has 86 valence electrons. The Morgan fingerprint density at radius 3 is 1.93 bits per heavy atom. The van der Waals surface area contributed by atoms with E-state index in [0.29, 0.717) is 11.5 Å². The molecule has 4 rings (SSSR count). The third-order valence-corrected chi connectivity index (χ3v) is 5.30. The van der Waals surface area contributed by atoms with Crippen LogP contribution in [0.25, 0.3) is 0 Å². The third kappa shape index (κ3) is 1.53. The Balaban J connectivity index is 1.80. The summed E-state index contributed by atoms with van der Waals surface area (Å²) < 4.78 is 0. The largest absolute Gasteiger partial charge is 0.305 e. The van der Waals surface area contributed by atoms with Gasteiger partial charge < -0.3 is 4.84 Å². The van der Waals surface area contributed by atoms with E-state index in [4.69, 9.17) is 4.84 Å². The molecule has 0 heterocycles. The zero-order chi connectivity index (χ0) is 10.5. The van der Waals surface area contributed by atoms with E-state index in [9.17, 15) is 0 Å². The zero-order valence-corrected chi connectivity index (χ0v) is 9.96. The molecule has 1 atom stereocenters. The molecule has 0 aromatic carbocycles. The van der Waals surface area contributed by atoms with Gasteiger partial charge in [-0.2, -0.15) is 5.48 Å². The third-order valence-electron chi connectivity index (χ3n) is 5.30. The Bertz CT molecular complexity index is 216. The van der Waals surface area contributed by atoms with Crippen molar-refractivity contribution in [2.75, 3.05) is 7.11 Å². The summed E-state index contributed by atoms with van der Waals surface area (Å²) in [5.74, 6) is 3.12. The van der Waals surface area contributed by atoms with Gasteiger partial charge in [-0.3, -0.25) is 0 Å². The van der Waals surface area contributed by atoms with Crippen LogP contribution in [0.4, 0.5) is 0 Å². The highest BCUT2D eigenvalue weighted by molar-refractivity contribution is 5.04. The van der Waals surface area contributed by atoms with Gasteiger partial charge in [-0.25, -0.2) is 0 Å². The molecule has 0 aliphatic heterocycles. The maximum Gasteiger partial charge on any atom is 0.0572 e. The Kier molecular flexibility index (Phi) is 2.33. The average molecular weight is 209 g/mol. The fourth-order valence-corrected chi connectivity index (χ4v) is 5.01. The Hall–Kier alpha value is -0.0800. The molecular formula is C13H23NO. The van der Waals surface area contributed by atoms with Crippen LogP contribution in [0.1, 0.15) is 45.4 Å². The second-order valence-electron chi connectivity index (χ2n) is 6.32. The van der Waals surface area contributed by atoms with E-state index in [1.807, 2.05) is 0 Å². The zero-order valence-electron chi connectivity index (χ0n) is 9.96. The second-order valence-corrected chi connectivity index (χ2v) is 6.32. The molecule has 4 saturated carbocycles. The smallest absolute Gasteiger partial charge is 0.0572 e. The maximum atomic E-state index is 5.14. The van der Waals surface area contributed by atoms with Crippen molar-refractivity contribution in [2.24, 2.45) is 23.2 Å². The molecule has 4 bridgehead atoms. The van der Waals surface area contributed by atoms with Gasteiger partial charge in [0.25, 0.3) is 0 Å². The molecule has 4 aliphatic rings. The molecule has 0 aromatic rings. The predicted octanol–water partition coefficient (Wildman–Crippen LogP) is 2.74. The molecule has 0 radical (unpaired) electrons. The lowest BCUT2D eigenvalue weighted by molar-refractivity contribution is -0.0989. The summed E-state index contributed by atoms with van der Waals surface area (Å²) in [6.07, 6.45) is 8.94. The Morgan fingerprint density at radius 1 is 1.07 bits per heavy atom. The molecule has 0 spiro atoms. The maximum absolute atomic E-state index is 5.14. The van der Waals surface area contributed by atoms with Gasteiger partial charge in [0.2, 0.25) is 0 Å². The average Bonchev–Trinajstić information content (AvgIpc) is 2.15.